The van der Waals surface area contributed by atoms with Gasteiger partial charge in [0.1, 0.15) is 6.04 Å². The molecule has 0 radical (unpaired) electrons. The van der Waals surface area contributed by atoms with E-state index in [1.807, 2.05) is 0 Å². The zero-order valence-corrected chi connectivity index (χ0v) is 11.5. The number of hydrogen-bond donors (Lipinski definition) is 3. The van der Waals surface area contributed by atoms with Gasteiger partial charge in [-0.2, -0.15) is 0 Å². The Morgan fingerprint density at radius 2 is 2.00 bits per heavy atom. The molecule has 1 saturated carbocycles. The second kappa shape index (κ2) is 5.77. The number of rotatable bonds is 6. The molecule has 108 valence electrons. The molecule has 0 spiro atoms. The van der Waals surface area contributed by atoms with Gasteiger partial charge in [-0.15, -0.1) is 0 Å². The molecule has 1 fully saturated rings. The van der Waals surface area contributed by atoms with Crippen LogP contribution in [0.3, 0.4) is 0 Å². The van der Waals surface area contributed by atoms with E-state index in [2.05, 4.69) is 16.0 Å². The number of nitrogens with one attached hydrogen (secondary N) is 3. The Labute approximate surface area is 116 Å². The molecule has 1 aliphatic carbocycles. The predicted octanol–water partition coefficient (Wildman–Crippen LogP) is 1.72. The van der Waals surface area contributed by atoms with Crippen molar-refractivity contribution in [2.24, 2.45) is 0 Å². The molecule has 7 nitrogen and oxygen atoms in total. The number of nitrogens with zero attached hydrogens (tertiary/aromatic N) is 1. The Hall–Kier alpha value is -2.31. The quantitative estimate of drug-likeness (QED) is 0.544. The third kappa shape index (κ3) is 3.59. The number of amides is 1. The summed E-state index contributed by atoms with van der Waals surface area (Å²) in [5.41, 5.74) is 1.15. The van der Waals surface area contributed by atoms with Gasteiger partial charge < -0.3 is 16.0 Å². The number of nitro groups is 1. The van der Waals surface area contributed by atoms with Crippen molar-refractivity contribution in [2.75, 3.05) is 17.7 Å². The number of carbonyl (C=O) groups is 1. The first-order chi connectivity index (χ1) is 9.49. The maximum Gasteiger partial charge on any atom is 0.273 e. The smallest absolute Gasteiger partial charge is 0.273 e. The normalized spacial score (nSPS) is 15.3. The Morgan fingerprint density at radius 1 is 1.35 bits per heavy atom. The summed E-state index contributed by atoms with van der Waals surface area (Å²) in [5.74, 6) is -0.0926. The van der Waals surface area contributed by atoms with Gasteiger partial charge in [0, 0.05) is 36.6 Å². The molecule has 0 bridgehead atoms. The largest absolute Gasteiger partial charge is 0.388 e. The van der Waals surface area contributed by atoms with Crippen molar-refractivity contribution in [1.29, 1.82) is 0 Å². The maximum absolute atomic E-state index is 11.8. The number of carbonyl (C=O) groups excluding carboxylic acids is 1. The summed E-state index contributed by atoms with van der Waals surface area (Å²) in [6.07, 6.45) is 2.05. The SMILES string of the molecule is CNc1cc(NC(C)C(=O)NC2CC2)cc([N+](=O)[O-])c1. The Balaban J connectivity index is 2.08. The average Bonchev–Trinajstić information content (AvgIpc) is 3.22. The monoisotopic (exact) mass is 278 g/mol. The molecule has 0 aromatic heterocycles. The molecular weight excluding hydrogens is 260 g/mol. The third-order valence-electron chi connectivity index (χ3n) is 3.12. The molecule has 7 heteroatoms. The third-order valence-corrected chi connectivity index (χ3v) is 3.12. The van der Waals surface area contributed by atoms with Crippen LogP contribution in [0.1, 0.15) is 19.8 Å². The zero-order chi connectivity index (χ0) is 14.7. The number of non-ortho nitro benzene ring substituents is 1. The Morgan fingerprint density at radius 3 is 2.55 bits per heavy atom. The van der Waals surface area contributed by atoms with Crippen LogP contribution in [0.15, 0.2) is 18.2 Å². The molecule has 1 aromatic rings. The van der Waals surface area contributed by atoms with E-state index < -0.39 is 11.0 Å². The molecule has 0 saturated heterocycles. The van der Waals surface area contributed by atoms with Crippen LogP contribution in [0.4, 0.5) is 17.1 Å². The number of hydrogen-bond acceptors (Lipinski definition) is 5. The minimum atomic E-state index is -0.457. The lowest BCUT2D eigenvalue weighted by Crippen LogP contribution is -2.38. The van der Waals surface area contributed by atoms with Crippen LogP contribution < -0.4 is 16.0 Å². The van der Waals surface area contributed by atoms with Crippen LogP contribution in [0.5, 0.6) is 0 Å². The second-order valence-corrected chi connectivity index (χ2v) is 4.92. The summed E-state index contributed by atoms with van der Waals surface area (Å²) in [4.78, 5) is 22.3. The highest BCUT2D eigenvalue weighted by Gasteiger charge is 2.25. The van der Waals surface area contributed by atoms with Crippen LogP contribution in [-0.2, 0) is 4.79 Å². The van der Waals surface area contributed by atoms with Gasteiger partial charge in [0.15, 0.2) is 0 Å². The summed E-state index contributed by atoms with van der Waals surface area (Å²) in [7, 11) is 1.69. The Kier molecular flexibility index (Phi) is 4.07. The number of nitro benzene ring substituents is 1. The van der Waals surface area contributed by atoms with Crippen LogP contribution in [0.25, 0.3) is 0 Å². The fraction of sp³-hybridized carbons (Fsp3) is 0.462. The second-order valence-electron chi connectivity index (χ2n) is 4.92. The van der Waals surface area contributed by atoms with E-state index in [-0.39, 0.29) is 11.6 Å². The van der Waals surface area contributed by atoms with E-state index in [0.29, 0.717) is 17.4 Å². The molecule has 1 unspecified atom stereocenters. The minimum absolute atomic E-state index is 0.0193. The van der Waals surface area contributed by atoms with Gasteiger partial charge in [-0.25, -0.2) is 0 Å². The molecule has 3 N–H and O–H groups in total. The molecule has 1 atom stereocenters. The van der Waals surface area contributed by atoms with Crippen molar-refractivity contribution < 1.29 is 9.72 Å². The van der Waals surface area contributed by atoms with Crippen molar-refractivity contribution in [3.8, 4) is 0 Å². The minimum Gasteiger partial charge on any atom is -0.388 e. The zero-order valence-electron chi connectivity index (χ0n) is 11.5. The molecule has 1 amide bonds. The van der Waals surface area contributed by atoms with Crippen LogP contribution in [-0.4, -0.2) is 30.0 Å². The first-order valence-electron chi connectivity index (χ1n) is 6.53. The van der Waals surface area contributed by atoms with E-state index in [4.69, 9.17) is 0 Å². The maximum atomic E-state index is 11.8. The lowest BCUT2D eigenvalue weighted by Gasteiger charge is -2.15. The summed E-state index contributed by atoms with van der Waals surface area (Å²) >= 11 is 0. The summed E-state index contributed by atoms with van der Waals surface area (Å²) in [6, 6.07) is 4.45. The van der Waals surface area contributed by atoms with E-state index in [1.54, 1.807) is 20.0 Å². The molecule has 20 heavy (non-hydrogen) atoms. The van der Waals surface area contributed by atoms with Crippen molar-refractivity contribution in [3.05, 3.63) is 28.3 Å². The van der Waals surface area contributed by atoms with Gasteiger partial charge in [-0.05, 0) is 25.8 Å². The highest BCUT2D eigenvalue weighted by atomic mass is 16.6. The van der Waals surface area contributed by atoms with Gasteiger partial charge in [0.2, 0.25) is 5.91 Å². The van der Waals surface area contributed by atoms with E-state index >= 15 is 0 Å². The van der Waals surface area contributed by atoms with Crippen LogP contribution in [0, 0.1) is 10.1 Å². The highest BCUT2D eigenvalue weighted by molar-refractivity contribution is 5.85. The molecule has 0 heterocycles. The van der Waals surface area contributed by atoms with Gasteiger partial charge in [-0.1, -0.05) is 0 Å². The van der Waals surface area contributed by atoms with E-state index in [0.717, 1.165) is 12.8 Å². The highest BCUT2D eigenvalue weighted by Crippen LogP contribution is 2.25. The lowest BCUT2D eigenvalue weighted by molar-refractivity contribution is -0.384. The van der Waals surface area contributed by atoms with Crippen molar-refractivity contribution in [3.63, 3.8) is 0 Å². The van der Waals surface area contributed by atoms with Crippen molar-refractivity contribution in [2.45, 2.75) is 31.8 Å². The first kappa shape index (κ1) is 14.1. The van der Waals surface area contributed by atoms with Gasteiger partial charge in [0.25, 0.3) is 5.69 Å². The molecule has 0 aliphatic heterocycles. The predicted molar refractivity (Wildman–Crippen MR) is 76.9 cm³/mol. The summed E-state index contributed by atoms with van der Waals surface area (Å²) in [6.45, 7) is 1.73. The van der Waals surface area contributed by atoms with Gasteiger partial charge in [0.05, 0.1) is 4.92 Å². The lowest BCUT2D eigenvalue weighted by atomic mass is 10.2. The molecule has 1 aliphatic rings. The summed E-state index contributed by atoms with van der Waals surface area (Å²) < 4.78 is 0. The van der Waals surface area contributed by atoms with Crippen LogP contribution >= 0.6 is 0 Å². The fourth-order valence-electron chi connectivity index (χ4n) is 1.81. The van der Waals surface area contributed by atoms with Gasteiger partial charge >= 0.3 is 0 Å². The number of anilines is 2. The first-order valence-corrected chi connectivity index (χ1v) is 6.53. The molecule has 2 rings (SSSR count). The van der Waals surface area contributed by atoms with Crippen LogP contribution in [0.2, 0.25) is 0 Å². The topological polar surface area (TPSA) is 96.3 Å². The van der Waals surface area contributed by atoms with Crippen molar-refractivity contribution in [1.82, 2.24) is 5.32 Å². The summed E-state index contributed by atoms with van der Waals surface area (Å²) in [5, 5.41) is 19.6. The fourth-order valence-corrected chi connectivity index (χ4v) is 1.81. The molecule has 1 aromatic carbocycles. The van der Waals surface area contributed by atoms with Gasteiger partial charge in [-0.3, -0.25) is 14.9 Å². The van der Waals surface area contributed by atoms with Crippen molar-refractivity contribution >= 4 is 23.0 Å². The molecular formula is C13H18N4O3. The Bertz CT molecular complexity index is 528. The average molecular weight is 278 g/mol. The van der Waals surface area contributed by atoms with E-state index in [1.165, 1.54) is 12.1 Å². The standard InChI is InChI=1S/C13H18N4O3/c1-8(13(18)16-9-3-4-9)15-11-5-10(14-2)6-12(7-11)17(19)20/h5-9,14-15H,3-4H2,1-2H3,(H,16,18). The number of benzene rings is 1. The van der Waals surface area contributed by atoms with E-state index in [9.17, 15) is 14.9 Å².